The van der Waals surface area contributed by atoms with E-state index in [1.165, 1.54) is 141 Å². The summed E-state index contributed by atoms with van der Waals surface area (Å²) in [6.45, 7) is 5.80. The van der Waals surface area contributed by atoms with Crippen molar-refractivity contribution in [2.24, 2.45) is 0 Å². The molecule has 0 fully saturated rings. The van der Waals surface area contributed by atoms with Crippen molar-refractivity contribution in [2.45, 2.75) is 148 Å². The van der Waals surface area contributed by atoms with E-state index in [9.17, 15) is 0 Å². The second-order valence-corrected chi connectivity index (χ2v) is 10.6. The monoisotopic (exact) mass is 468 g/mol. The second-order valence-electron chi connectivity index (χ2n) is 10.6. The molecule has 1 atom stereocenters. The highest BCUT2D eigenvalue weighted by molar-refractivity contribution is 5.51. The predicted molar refractivity (Wildman–Crippen MR) is 152 cm³/mol. The Morgan fingerprint density at radius 1 is 0.529 bits per heavy atom. The van der Waals surface area contributed by atoms with Gasteiger partial charge in [0.05, 0.1) is 0 Å². The Kier molecular flexibility index (Phi) is 16.8. The Balaban J connectivity index is 1.54. The van der Waals surface area contributed by atoms with Crippen LogP contribution in [-0.4, -0.2) is 17.6 Å². The summed E-state index contributed by atoms with van der Waals surface area (Å²) in [5.41, 5.74) is 1.33. The third kappa shape index (κ3) is 12.3. The van der Waals surface area contributed by atoms with Crippen LogP contribution in [0.2, 0.25) is 0 Å². The molecule has 0 N–H and O–H groups in total. The lowest BCUT2D eigenvalue weighted by molar-refractivity contribution is 0.273. The standard InChI is InChI=1S/C32H56N2/c1-3-5-7-9-10-11-12-13-14-15-16-17-18-19-23-27-32-33(28-24-8-6-4-2)29-30-34(32)31-25-21-20-22-26-31/h20-22,25-26,29-30,32H,3-19,23-24,27-28H2,1-2H3. The maximum absolute atomic E-state index is 2.60. The van der Waals surface area contributed by atoms with Gasteiger partial charge in [-0.15, -0.1) is 0 Å². The van der Waals surface area contributed by atoms with Gasteiger partial charge in [-0.3, -0.25) is 0 Å². The first-order chi connectivity index (χ1) is 16.9. The maximum atomic E-state index is 2.60. The van der Waals surface area contributed by atoms with Gasteiger partial charge in [-0.2, -0.15) is 0 Å². The van der Waals surface area contributed by atoms with Crippen LogP contribution in [0.5, 0.6) is 0 Å². The molecule has 1 aliphatic rings. The molecule has 0 radical (unpaired) electrons. The zero-order chi connectivity index (χ0) is 24.1. The van der Waals surface area contributed by atoms with Gasteiger partial charge in [-0.1, -0.05) is 141 Å². The minimum Gasteiger partial charge on any atom is -0.356 e. The van der Waals surface area contributed by atoms with Gasteiger partial charge >= 0.3 is 0 Å². The summed E-state index contributed by atoms with van der Waals surface area (Å²) in [4.78, 5) is 5.11. The first-order valence-electron chi connectivity index (χ1n) is 15.1. The first-order valence-corrected chi connectivity index (χ1v) is 15.1. The van der Waals surface area contributed by atoms with Gasteiger partial charge in [0.25, 0.3) is 0 Å². The quantitative estimate of drug-likeness (QED) is 0.156. The van der Waals surface area contributed by atoms with Gasteiger partial charge in [-0.25, -0.2) is 0 Å². The molecule has 1 heterocycles. The average Bonchev–Trinajstić information content (AvgIpc) is 3.27. The Morgan fingerprint density at radius 3 is 1.53 bits per heavy atom. The summed E-state index contributed by atoms with van der Waals surface area (Å²) in [6.07, 6.45) is 33.3. The van der Waals surface area contributed by atoms with Crippen LogP contribution >= 0.6 is 0 Å². The van der Waals surface area contributed by atoms with Gasteiger partial charge in [0, 0.05) is 24.6 Å². The van der Waals surface area contributed by atoms with E-state index in [0.717, 1.165) is 0 Å². The Hall–Kier alpha value is -1.44. The summed E-state index contributed by atoms with van der Waals surface area (Å²) in [5.74, 6) is 0. The van der Waals surface area contributed by atoms with Crippen LogP contribution in [0.15, 0.2) is 42.7 Å². The molecule has 1 aromatic rings. The molecule has 1 aliphatic heterocycles. The van der Waals surface area contributed by atoms with Crippen LogP contribution in [0.3, 0.4) is 0 Å². The highest BCUT2D eigenvalue weighted by atomic mass is 15.4. The predicted octanol–water partition coefficient (Wildman–Crippen LogP) is 10.4. The van der Waals surface area contributed by atoms with Crippen LogP contribution in [-0.2, 0) is 0 Å². The Labute approximate surface area is 213 Å². The van der Waals surface area contributed by atoms with Crippen LogP contribution in [0.1, 0.15) is 142 Å². The summed E-state index contributed by atoms with van der Waals surface area (Å²) in [5, 5.41) is 0. The average molecular weight is 469 g/mol. The number of hydrogen-bond acceptors (Lipinski definition) is 2. The molecule has 0 spiro atoms. The van der Waals surface area contributed by atoms with Crippen molar-refractivity contribution in [2.75, 3.05) is 11.4 Å². The minimum absolute atomic E-state index is 0.506. The highest BCUT2D eigenvalue weighted by Gasteiger charge is 2.26. The molecule has 0 saturated heterocycles. The maximum Gasteiger partial charge on any atom is 0.105 e. The van der Waals surface area contributed by atoms with E-state index in [2.05, 4.69) is 66.4 Å². The van der Waals surface area contributed by atoms with E-state index in [1.807, 2.05) is 0 Å². The summed E-state index contributed by atoms with van der Waals surface area (Å²) >= 11 is 0. The Morgan fingerprint density at radius 2 is 1.00 bits per heavy atom. The molecule has 2 rings (SSSR count). The third-order valence-electron chi connectivity index (χ3n) is 7.51. The van der Waals surface area contributed by atoms with Crippen molar-refractivity contribution in [3.63, 3.8) is 0 Å². The van der Waals surface area contributed by atoms with E-state index in [0.29, 0.717) is 6.17 Å². The fourth-order valence-electron chi connectivity index (χ4n) is 5.32. The lowest BCUT2D eigenvalue weighted by Gasteiger charge is -2.33. The Bertz CT molecular complexity index is 596. The molecule has 2 nitrogen and oxygen atoms in total. The molecule has 2 heteroatoms. The summed E-state index contributed by atoms with van der Waals surface area (Å²) < 4.78 is 0. The minimum atomic E-state index is 0.506. The molecule has 1 aromatic carbocycles. The van der Waals surface area contributed by atoms with Crippen molar-refractivity contribution < 1.29 is 0 Å². The third-order valence-corrected chi connectivity index (χ3v) is 7.51. The van der Waals surface area contributed by atoms with Gasteiger partial charge in [0.1, 0.15) is 6.17 Å². The van der Waals surface area contributed by atoms with Crippen molar-refractivity contribution in [1.29, 1.82) is 0 Å². The van der Waals surface area contributed by atoms with Crippen molar-refractivity contribution in [3.05, 3.63) is 42.7 Å². The van der Waals surface area contributed by atoms with Crippen LogP contribution < -0.4 is 4.90 Å². The van der Waals surface area contributed by atoms with Crippen molar-refractivity contribution >= 4 is 5.69 Å². The molecule has 0 amide bonds. The number of para-hydroxylation sites is 1. The van der Waals surface area contributed by atoms with E-state index in [4.69, 9.17) is 0 Å². The zero-order valence-corrected chi connectivity index (χ0v) is 22.9. The molecule has 34 heavy (non-hydrogen) atoms. The summed E-state index contributed by atoms with van der Waals surface area (Å²) in [6, 6.07) is 11.0. The zero-order valence-electron chi connectivity index (χ0n) is 22.9. The lowest BCUT2D eigenvalue weighted by atomic mass is 10.0. The van der Waals surface area contributed by atoms with Crippen molar-refractivity contribution in [3.8, 4) is 0 Å². The number of nitrogens with zero attached hydrogens (tertiary/aromatic N) is 2. The number of unbranched alkanes of at least 4 members (excludes halogenated alkanes) is 17. The number of hydrogen-bond donors (Lipinski definition) is 0. The molecule has 0 saturated carbocycles. The van der Waals surface area contributed by atoms with Crippen LogP contribution in [0, 0.1) is 0 Å². The van der Waals surface area contributed by atoms with Gasteiger partial charge < -0.3 is 9.80 Å². The number of anilines is 1. The van der Waals surface area contributed by atoms with Crippen LogP contribution in [0.25, 0.3) is 0 Å². The van der Waals surface area contributed by atoms with E-state index in [-0.39, 0.29) is 0 Å². The van der Waals surface area contributed by atoms with Gasteiger partial charge in [0.15, 0.2) is 0 Å². The molecule has 0 aliphatic carbocycles. The number of rotatable bonds is 22. The van der Waals surface area contributed by atoms with Gasteiger partial charge in [0.2, 0.25) is 0 Å². The molecule has 0 bridgehead atoms. The topological polar surface area (TPSA) is 6.48 Å². The molecule has 1 unspecified atom stereocenters. The van der Waals surface area contributed by atoms with E-state index < -0.39 is 0 Å². The van der Waals surface area contributed by atoms with E-state index >= 15 is 0 Å². The largest absolute Gasteiger partial charge is 0.356 e. The normalized spacial score (nSPS) is 15.5. The molecular formula is C32H56N2. The lowest BCUT2D eigenvalue weighted by Crippen LogP contribution is -2.39. The molecule has 0 aromatic heterocycles. The first kappa shape index (κ1) is 28.8. The summed E-state index contributed by atoms with van der Waals surface area (Å²) in [7, 11) is 0. The van der Waals surface area contributed by atoms with Crippen molar-refractivity contribution in [1.82, 2.24) is 4.90 Å². The highest BCUT2D eigenvalue weighted by Crippen LogP contribution is 2.28. The van der Waals surface area contributed by atoms with Crippen LogP contribution in [0.4, 0.5) is 5.69 Å². The van der Waals surface area contributed by atoms with E-state index in [1.54, 1.807) is 0 Å². The smallest absolute Gasteiger partial charge is 0.105 e. The van der Waals surface area contributed by atoms with Gasteiger partial charge in [-0.05, 0) is 31.4 Å². The second kappa shape index (κ2) is 19.8. The number of benzene rings is 1. The molecular weight excluding hydrogens is 412 g/mol. The SMILES string of the molecule is CCCCCCCCCCCCCCCCCC1N(CCCCCC)C=CN1c1ccccc1. The fourth-order valence-corrected chi connectivity index (χ4v) is 5.32. The molecule has 194 valence electrons. The fraction of sp³-hybridized carbons (Fsp3) is 0.750.